The smallest absolute Gasteiger partial charge is 0.130 e. The van der Waals surface area contributed by atoms with Gasteiger partial charge in [-0.05, 0) is 39.0 Å². The van der Waals surface area contributed by atoms with E-state index in [1.165, 1.54) is 25.7 Å². The van der Waals surface area contributed by atoms with Crippen molar-refractivity contribution >= 4 is 5.82 Å². The fourth-order valence-corrected chi connectivity index (χ4v) is 3.27. The molecule has 2 bridgehead atoms. The average molecular weight is 246 g/mol. The monoisotopic (exact) mass is 246 g/mol. The molecule has 0 saturated carbocycles. The molecular formula is C14H22N4. The van der Waals surface area contributed by atoms with E-state index in [1.807, 2.05) is 6.92 Å². The van der Waals surface area contributed by atoms with E-state index in [0.717, 1.165) is 35.8 Å². The molecule has 2 atom stereocenters. The van der Waals surface area contributed by atoms with Crippen molar-refractivity contribution in [3.63, 3.8) is 0 Å². The van der Waals surface area contributed by atoms with Crippen molar-refractivity contribution in [1.82, 2.24) is 15.3 Å². The van der Waals surface area contributed by atoms with Crippen molar-refractivity contribution in [2.45, 2.75) is 64.1 Å². The number of fused-ring (bicyclic) bond motifs is 2. The average Bonchev–Trinajstić information content (AvgIpc) is 2.68. The van der Waals surface area contributed by atoms with E-state index < -0.39 is 0 Å². The number of piperidine rings is 1. The van der Waals surface area contributed by atoms with Gasteiger partial charge in [-0.3, -0.25) is 0 Å². The second-order valence-corrected chi connectivity index (χ2v) is 5.60. The van der Waals surface area contributed by atoms with E-state index in [2.05, 4.69) is 33.6 Å². The highest BCUT2D eigenvalue weighted by Gasteiger charge is 2.33. The van der Waals surface area contributed by atoms with Gasteiger partial charge < -0.3 is 10.6 Å². The summed E-state index contributed by atoms with van der Waals surface area (Å²) in [6.45, 7) is 4.10. The van der Waals surface area contributed by atoms with Crippen LogP contribution in [0.2, 0.25) is 0 Å². The van der Waals surface area contributed by atoms with Crippen molar-refractivity contribution in [2.24, 2.45) is 0 Å². The minimum Gasteiger partial charge on any atom is -0.367 e. The topological polar surface area (TPSA) is 49.8 Å². The summed E-state index contributed by atoms with van der Waals surface area (Å²) >= 11 is 0. The highest BCUT2D eigenvalue weighted by atomic mass is 15.1. The van der Waals surface area contributed by atoms with E-state index in [0.29, 0.717) is 6.04 Å². The molecule has 0 amide bonds. The maximum Gasteiger partial charge on any atom is 0.130 e. The van der Waals surface area contributed by atoms with Crippen LogP contribution in [0, 0.1) is 6.92 Å². The van der Waals surface area contributed by atoms with Gasteiger partial charge in [0.15, 0.2) is 0 Å². The minimum absolute atomic E-state index is 0.572. The Morgan fingerprint density at radius 3 is 2.67 bits per heavy atom. The summed E-state index contributed by atoms with van der Waals surface area (Å²) in [7, 11) is 0. The van der Waals surface area contributed by atoms with Gasteiger partial charge in [0, 0.05) is 29.9 Å². The van der Waals surface area contributed by atoms with E-state index in [9.17, 15) is 0 Å². The molecule has 0 aliphatic carbocycles. The molecule has 2 fully saturated rings. The fraction of sp³-hybridized carbons (Fsp3) is 0.714. The molecule has 18 heavy (non-hydrogen) atoms. The van der Waals surface area contributed by atoms with Gasteiger partial charge >= 0.3 is 0 Å². The molecule has 2 saturated heterocycles. The van der Waals surface area contributed by atoms with Crippen LogP contribution in [0.4, 0.5) is 5.82 Å². The van der Waals surface area contributed by atoms with Crippen LogP contribution in [0.3, 0.4) is 0 Å². The van der Waals surface area contributed by atoms with Gasteiger partial charge in [0.05, 0.1) is 0 Å². The predicted octanol–water partition coefficient (Wildman–Crippen LogP) is 2.04. The normalized spacial score (nSPS) is 30.4. The van der Waals surface area contributed by atoms with Crippen molar-refractivity contribution in [3.8, 4) is 0 Å². The Labute approximate surface area is 109 Å². The van der Waals surface area contributed by atoms with Gasteiger partial charge in [0.25, 0.3) is 0 Å². The molecule has 1 aromatic rings. The van der Waals surface area contributed by atoms with Gasteiger partial charge in [-0.15, -0.1) is 0 Å². The first kappa shape index (κ1) is 11.9. The number of rotatable bonds is 3. The van der Waals surface area contributed by atoms with Crippen LogP contribution >= 0.6 is 0 Å². The molecule has 98 valence electrons. The fourth-order valence-electron chi connectivity index (χ4n) is 3.27. The number of nitrogens with zero attached hydrogens (tertiary/aromatic N) is 2. The van der Waals surface area contributed by atoms with Crippen LogP contribution in [0.1, 0.15) is 44.1 Å². The lowest BCUT2D eigenvalue weighted by molar-refractivity contribution is 0.377. The highest BCUT2D eigenvalue weighted by molar-refractivity contribution is 5.37. The lowest BCUT2D eigenvalue weighted by atomic mass is 10.00. The molecule has 2 unspecified atom stereocenters. The third-order valence-electron chi connectivity index (χ3n) is 4.08. The number of nitrogens with one attached hydrogen (secondary N) is 2. The summed E-state index contributed by atoms with van der Waals surface area (Å²) < 4.78 is 0. The Bertz CT molecular complexity index is 420. The maximum atomic E-state index is 4.50. The Morgan fingerprint density at radius 2 is 2.00 bits per heavy atom. The molecular weight excluding hydrogens is 224 g/mol. The van der Waals surface area contributed by atoms with E-state index in [-0.39, 0.29) is 0 Å². The summed E-state index contributed by atoms with van der Waals surface area (Å²) in [6, 6.07) is 4.10. The molecule has 2 N–H and O–H groups in total. The molecule has 0 spiro atoms. The molecule has 4 nitrogen and oxygen atoms in total. The lowest BCUT2D eigenvalue weighted by Gasteiger charge is -2.30. The minimum atomic E-state index is 0.572. The summed E-state index contributed by atoms with van der Waals surface area (Å²) in [5.74, 6) is 1.87. The third-order valence-corrected chi connectivity index (χ3v) is 4.08. The molecule has 3 rings (SSSR count). The SMILES string of the molecule is CCc1cc(NC2CC3CCC(C2)N3)nc(C)n1. The zero-order valence-corrected chi connectivity index (χ0v) is 11.2. The Morgan fingerprint density at radius 1 is 1.28 bits per heavy atom. The molecule has 0 radical (unpaired) electrons. The highest BCUT2D eigenvalue weighted by Crippen LogP contribution is 2.28. The third kappa shape index (κ3) is 2.48. The Balaban J connectivity index is 1.70. The Hall–Kier alpha value is -1.16. The van der Waals surface area contributed by atoms with E-state index in [1.54, 1.807) is 0 Å². The standard InChI is InChI=1S/C14H22N4/c1-3-10-8-14(16-9(2)15-10)18-13-6-11-4-5-12(7-13)17-11/h8,11-13,17H,3-7H2,1-2H3,(H,15,16,18). The summed E-state index contributed by atoms with van der Waals surface area (Å²) in [4.78, 5) is 8.93. The lowest BCUT2D eigenvalue weighted by Crippen LogP contribution is -2.43. The number of aryl methyl sites for hydroxylation is 2. The maximum absolute atomic E-state index is 4.50. The van der Waals surface area contributed by atoms with Crippen molar-refractivity contribution in [1.29, 1.82) is 0 Å². The predicted molar refractivity (Wildman–Crippen MR) is 72.7 cm³/mol. The molecule has 4 heteroatoms. The summed E-state index contributed by atoms with van der Waals surface area (Å²) in [5.41, 5.74) is 1.13. The number of hydrogen-bond donors (Lipinski definition) is 2. The van der Waals surface area contributed by atoms with Gasteiger partial charge in [-0.2, -0.15) is 0 Å². The Kier molecular flexibility index (Phi) is 3.20. The second kappa shape index (κ2) is 4.84. The molecule has 3 heterocycles. The van der Waals surface area contributed by atoms with Crippen molar-refractivity contribution in [2.75, 3.05) is 5.32 Å². The molecule has 1 aromatic heterocycles. The zero-order valence-electron chi connectivity index (χ0n) is 11.2. The summed E-state index contributed by atoms with van der Waals surface area (Å²) in [6.07, 6.45) is 6.09. The first-order chi connectivity index (χ1) is 8.72. The second-order valence-electron chi connectivity index (χ2n) is 5.60. The van der Waals surface area contributed by atoms with Crippen molar-refractivity contribution in [3.05, 3.63) is 17.6 Å². The van der Waals surface area contributed by atoms with Gasteiger partial charge in [-0.25, -0.2) is 9.97 Å². The van der Waals surface area contributed by atoms with Gasteiger partial charge in [-0.1, -0.05) is 6.92 Å². The van der Waals surface area contributed by atoms with Gasteiger partial charge in [0.1, 0.15) is 11.6 Å². The van der Waals surface area contributed by atoms with Crippen LogP contribution in [0.25, 0.3) is 0 Å². The van der Waals surface area contributed by atoms with Crippen LogP contribution in [-0.4, -0.2) is 28.1 Å². The number of hydrogen-bond acceptors (Lipinski definition) is 4. The molecule has 2 aliphatic rings. The zero-order chi connectivity index (χ0) is 12.5. The molecule has 2 aliphatic heterocycles. The largest absolute Gasteiger partial charge is 0.367 e. The molecule has 0 aromatic carbocycles. The van der Waals surface area contributed by atoms with Gasteiger partial charge in [0.2, 0.25) is 0 Å². The van der Waals surface area contributed by atoms with Crippen LogP contribution in [0.15, 0.2) is 6.07 Å². The van der Waals surface area contributed by atoms with Crippen LogP contribution in [0.5, 0.6) is 0 Å². The first-order valence-corrected chi connectivity index (χ1v) is 7.10. The number of anilines is 1. The van der Waals surface area contributed by atoms with E-state index >= 15 is 0 Å². The van der Waals surface area contributed by atoms with Crippen molar-refractivity contribution < 1.29 is 0 Å². The van der Waals surface area contributed by atoms with Crippen LogP contribution < -0.4 is 10.6 Å². The quantitative estimate of drug-likeness (QED) is 0.857. The summed E-state index contributed by atoms with van der Waals surface area (Å²) in [5, 5.41) is 7.27. The number of aromatic nitrogens is 2. The van der Waals surface area contributed by atoms with Crippen LogP contribution in [-0.2, 0) is 6.42 Å². The van der Waals surface area contributed by atoms with E-state index in [4.69, 9.17) is 0 Å². The first-order valence-electron chi connectivity index (χ1n) is 7.10.